The number of nitrogens with one attached hydrogen (secondary N) is 1. The van der Waals surface area contributed by atoms with Gasteiger partial charge in [-0.1, -0.05) is 59.5 Å². The van der Waals surface area contributed by atoms with Gasteiger partial charge in [0, 0.05) is 11.0 Å². The molecule has 0 saturated heterocycles. The van der Waals surface area contributed by atoms with Crippen molar-refractivity contribution < 1.29 is 13.2 Å². The first kappa shape index (κ1) is 20.9. The van der Waals surface area contributed by atoms with Crippen molar-refractivity contribution in [1.29, 1.82) is 0 Å². The summed E-state index contributed by atoms with van der Waals surface area (Å²) in [6.45, 7) is 0.358. The van der Waals surface area contributed by atoms with Gasteiger partial charge in [-0.3, -0.25) is 9.10 Å². The predicted molar refractivity (Wildman–Crippen MR) is 115 cm³/mol. The van der Waals surface area contributed by atoms with Crippen molar-refractivity contribution in [3.8, 4) is 0 Å². The number of benzene rings is 2. The third kappa shape index (κ3) is 5.35. The lowest BCUT2D eigenvalue weighted by molar-refractivity contribution is -0.119. The second-order valence-electron chi connectivity index (χ2n) is 7.11. The quantitative estimate of drug-likeness (QED) is 0.662. The molecule has 0 unspecified atom stereocenters. The molecule has 5 nitrogen and oxygen atoms in total. The molecule has 1 N–H and O–H groups in total. The zero-order valence-corrected chi connectivity index (χ0v) is 18.1. The third-order valence-electron chi connectivity index (χ3n) is 5.03. The average molecular weight is 465 g/mol. The molecule has 1 aliphatic carbocycles. The minimum Gasteiger partial charge on any atom is -0.354 e. The highest BCUT2D eigenvalue weighted by atomic mass is 79.9. The van der Waals surface area contributed by atoms with Gasteiger partial charge in [-0.05, 0) is 49.1 Å². The molecule has 1 fully saturated rings. The molecule has 28 heavy (non-hydrogen) atoms. The van der Waals surface area contributed by atoms with Crippen LogP contribution in [0.5, 0.6) is 0 Å². The van der Waals surface area contributed by atoms with E-state index < -0.39 is 10.0 Å². The Kier molecular flexibility index (Phi) is 7.13. The fourth-order valence-electron chi connectivity index (χ4n) is 3.50. The van der Waals surface area contributed by atoms with E-state index in [1.165, 1.54) is 23.6 Å². The monoisotopic (exact) mass is 464 g/mol. The summed E-state index contributed by atoms with van der Waals surface area (Å²) in [5.41, 5.74) is 0.450. The molecular weight excluding hydrogens is 440 g/mol. The predicted octanol–water partition coefficient (Wildman–Crippen LogP) is 4.34. The normalized spacial score (nSPS) is 15.2. The molecule has 0 bridgehead atoms. The van der Waals surface area contributed by atoms with Crippen LogP contribution in [0.1, 0.15) is 32.1 Å². The molecule has 7 heteroatoms. The smallest absolute Gasteiger partial charge is 0.264 e. The van der Waals surface area contributed by atoms with Gasteiger partial charge in [0.05, 0.1) is 10.6 Å². The van der Waals surface area contributed by atoms with E-state index in [9.17, 15) is 13.2 Å². The molecule has 150 valence electrons. The Morgan fingerprint density at radius 3 is 2.43 bits per heavy atom. The van der Waals surface area contributed by atoms with Crippen LogP contribution in [-0.4, -0.2) is 27.4 Å². The molecule has 3 rings (SSSR count). The molecule has 0 heterocycles. The first-order chi connectivity index (χ1) is 13.5. The standard InChI is InChI=1S/C21H25BrN2O3S/c22-18-10-7-11-19(14-18)24(28(26,27)20-12-5-2-6-13-20)16-21(25)23-15-17-8-3-1-4-9-17/h2,5-7,10-14,17H,1,3-4,8-9,15-16H2,(H,23,25). The molecule has 0 aliphatic heterocycles. The van der Waals surface area contributed by atoms with E-state index in [4.69, 9.17) is 0 Å². The molecule has 1 amide bonds. The van der Waals surface area contributed by atoms with Crippen LogP contribution in [0.3, 0.4) is 0 Å². The van der Waals surface area contributed by atoms with Gasteiger partial charge in [-0.25, -0.2) is 8.42 Å². The van der Waals surface area contributed by atoms with Crippen LogP contribution in [-0.2, 0) is 14.8 Å². The Labute approximate surface area is 175 Å². The van der Waals surface area contributed by atoms with E-state index in [-0.39, 0.29) is 17.3 Å². The summed E-state index contributed by atoms with van der Waals surface area (Å²) < 4.78 is 28.4. The summed E-state index contributed by atoms with van der Waals surface area (Å²) in [6.07, 6.45) is 5.91. The van der Waals surface area contributed by atoms with Crippen LogP contribution in [0.2, 0.25) is 0 Å². The first-order valence-corrected chi connectivity index (χ1v) is 11.8. The second kappa shape index (κ2) is 9.56. The van der Waals surface area contributed by atoms with Gasteiger partial charge in [0.1, 0.15) is 6.54 Å². The zero-order chi connectivity index (χ0) is 20.0. The summed E-state index contributed by atoms with van der Waals surface area (Å²) in [4.78, 5) is 12.8. The highest BCUT2D eigenvalue weighted by molar-refractivity contribution is 9.10. The summed E-state index contributed by atoms with van der Waals surface area (Å²) >= 11 is 3.38. The molecule has 0 radical (unpaired) electrons. The molecule has 1 aliphatic rings. The second-order valence-corrected chi connectivity index (χ2v) is 9.89. The van der Waals surface area contributed by atoms with Crippen molar-refractivity contribution in [1.82, 2.24) is 5.32 Å². The summed E-state index contributed by atoms with van der Waals surface area (Å²) in [7, 11) is -3.86. The Morgan fingerprint density at radius 1 is 1.04 bits per heavy atom. The van der Waals surface area contributed by atoms with Gasteiger partial charge < -0.3 is 5.32 Å². The minimum absolute atomic E-state index is 0.162. The van der Waals surface area contributed by atoms with E-state index in [0.717, 1.165) is 17.3 Å². The average Bonchev–Trinajstić information content (AvgIpc) is 2.72. The van der Waals surface area contributed by atoms with Crippen LogP contribution in [0, 0.1) is 5.92 Å². The SMILES string of the molecule is O=C(CN(c1cccc(Br)c1)S(=O)(=O)c1ccccc1)NCC1CCCCC1. The lowest BCUT2D eigenvalue weighted by Gasteiger charge is -2.26. The van der Waals surface area contributed by atoms with Crippen molar-refractivity contribution in [3.63, 3.8) is 0 Å². The van der Waals surface area contributed by atoms with Gasteiger partial charge in [0.2, 0.25) is 5.91 Å². The number of halogens is 1. The zero-order valence-electron chi connectivity index (χ0n) is 15.7. The molecule has 0 spiro atoms. The summed E-state index contributed by atoms with van der Waals surface area (Å²) in [5, 5.41) is 2.93. The number of hydrogen-bond donors (Lipinski definition) is 1. The van der Waals surface area contributed by atoms with E-state index >= 15 is 0 Å². The van der Waals surface area contributed by atoms with E-state index in [0.29, 0.717) is 18.2 Å². The molecule has 0 atom stereocenters. The lowest BCUT2D eigenvalue weighted by atomic mass is 9.89. The fourth-order valence-corrected chi connectivity index (χ4v) is 5.32. The number of amides is 1. The maximum Gasteiger partial charge on any atom is 0.264 e. The largest absolute Gasteiger partial charge is 0.354 e. The van der Waals surface area contributed by atoms with Gasteiger partial charge in [0.15, 0.2) is 0 Å². The Bertz CT molecular complexity index is 897. The van der Waals surface area contributed by atoms with Crippen LogP contribution in [0.15, 0.2) is 64.0 Å². The van der Waals surface area contributed by atoms with Crippen LogP contribution < -0.4 is 9.62 Å². The first-order valence-electron chi connectivity index (χ1n) is 9.57. The van der Waals surface area contributed by atoms with Gasteiger partial charge in [0.25, 0.3) is 10.0 Å². The molecule has 2 aromatic carbocycles. The van der Waals surface area contributed by atoms with Gasteiger partial charge in [-0.15, -0.1) is 0 Å². The number of hydrogen-bond acceptors (Lipinski definition) is 3. The number of sulfonamides is 1. The van der Waals surface area contributed by atoms with E-state index in [2.05, 4.69) is 21.2 Å². The number of anilines is 1. The van der Waals surface area contributed by atoms with Crippen LogP contribution in [0.25, 0.3) is 0 Å². The van der Waals surface area contributed by atoms with Crippen molar-refractivity contribution >= 4 is 37.5 Å². The molecule has 1 saturated carbocycles. The van der Waals surface area contributed by atoms with E-state index in [1.807, 2.05) is 6.07 Å². The van der Waals surface area contributed by atoms with Crippen molar-refractivity contribution in [2.24, 2.45) is 5.92 Å². The number of nitrogens with zero attached hydrogens (tertiary/aromatic N) is 1. The summed E-state index contributed by atoms with van der Waals surface area (Å²) in [6, 6.07) is 15.2. The highest BCUT2D eigenvalue weighted by Gasteiger charge is 2.27. The molecular formula is C21H25BrN2O3S. The third-order valence-corrected chi connectivity index (χ3v) is 7.31. The maximum atomic E-state index is 13.2. The maximum absolute atomic E-state index is 13.2. The van der Waals surface area contributed by atoms with Crippen molar-refractivity contribution in [2.45, 2.75) is 37.0 Å². The Balaban J connectivity index is 1.79. The molecule has 2 aromatic rings. The van der Waals surface area contributed by atoms with E-state index in [1.54, 1.807) is 48.5 Å². The Morgan fingerprint density at radius 2 is 1.75 bits per heavy atom. The van der Waals surface area contributed by atoms with Crippen molar-refractivity contribution in [2.75, 3.05) is 17.4 Å². The molecule has 0 aromatic heterocycles. The highest BCUT2D eigenvalue weighted by Crippen LogP contribution is 2.26. The van der Waals surface area contributed by atoms with Crippen molar-refractivity contribution in [3.05, 3.63) is 59.1 Å². The lowest BCUT2D eigenvalue weighted by Crippen LogP contribution is -2.42. The fraction of sp³-hybridized carbons (Fsp3) is 0.381. The Hall–Kier alpha value is -1.86. The number of rotatable bonds is 7. The number of carbonyl (C=O) groups is 1. The van der Waals surface area contributed by atoms with Crippen LogP contribution >= 0.6 is 15.9 Å². The van der Waals surface area contributed by atoms with Gasteiger partial charge >= 0.3 is 0 Å². The number of carbonyl (C=O) groups excluding carboxylic acids is 1. The minimum atomic E-state index is -3.86. The summed E-state index contributed by atoms with van der Waals surface area (Å²) in [5.74, 6) is 0.202. The van der Waals surface area contributed by atoms with Gasteiger partial charge in [-0.2, -0.15) is 0 Å². The van der Waals surface area contributed by atoms with Crippen LogP contribution in [0.4, 0.5) is 5.69 Å². The topological polar surface area (TPSA) is 66.5 Å².